The van der Waals surface area contributed by atoms with E-state index >= 15 is 0 Å². The zero-order valence-electron chi connectivity index (χ0n) is 11.3. The van der Waals surface area contributed by atoms with Gasteiger partial charge in [-0.05, 0) is 19.3 Å². The zero-order chi connectivity index (χ0) is 13.4. The van der Waals surface area contributed by atoms with Gasteiger partial charge < -0.3 is 0 Å². The molecule has 1 N–H and O–H groups in total. The first-order valence-corrected chi connectivity index (χ1v) is 6.97. The van der Waals surface area contributed by atoms with Gasteiger partial charge in [0, 0.05) is 13.6 Å². The van der Waals surface area contributed by atoms with E-state index in [-0.39, 0.29) is 5.41 Å². The number of hydrogen-bond donors (Lipinski definition) is 1. The Morgan fingerprint density at radius 1 is 1.29 bits per heavy atom. The molecular formula is C11H21N3O2S. The smallest absolute Gasteiger partial charge is 0.246 e. The van der Waals surface area contributed by atoms with Crippen LogP contribution < -0.4 is 0 Å². The molecule has 98 valence electrons. The van der Waals surface area contributed by atoms with Gasteiger partial charge in [-0.15, -0.1) is 0 Å². The summed E-state index contributed by atoms with van der Waals surface area (Å²) < 4.78 is 26.1. The molecule has 0 spiro atoms. The summed E-state index contributed by atoms with van der Waals surface area (Å²) in [6, 6.07) is 0. The van der Waals surface area contributed by atoms with Crippen molar-refractivity contribution in [2.24, 2.45) is 5.41 Å². The van der Waals surface area contributed by atoms with Crippen LogP contribution in [-0.4, -0.2) is 36.5 Å². The lowest BCUT2D eigenvalue weighted by atomic mass is 9.97. The third-order valence-electron chi connectivity index (χ3n) is 2.43. The molecule has 0 aliphatic heterocycles. The maximum atomic E-state index is 12.4. The van der Waals surface area contributed by atoms with Gasteiger partial charge in [-0.25, -0.2) is 12.7 Å². The third kappa shape index (κ3) is 3.07. The maximum Gasteiger partial charge on any atom is 0.246 e. The first kappa shape index (κ1) is 14.2. The van der Waals surface area contributed by atoms with Crippen molar-refractivity contribution in [1.82, 2.24) is 14.5 Å². The average Bonchev–Trinajstić information content (AvgIpc) is 2.43. The molecule has 1 heterocycles. The number of nitrogens with one attached hydrogen (secondary N) is 1. The van der Waals surface area contributed by atoms with Gasteiger partial charge in [0.1, 0.15) is 4.90 Å². The van der Waals surface area contributed by atoms with Gasteiger partial charge in [-0.3, -0.25) is 5.10 Å². The van der Waals surface area contributed by atoms with E-state index in [1.807, 2.05) is 20.8 Å². The van der Waals surface area contributed by atoms with Gasteiger partial charge in [-0.2, -0.15) is 5.10 Å². The van der Waals surface area contributed by atoms with Gasteiger partial charge in [0.25, 0.3) is 0 Å². The van der Waals surface area contributed by atoms with Crippen molar-refractivity contribution in [3.8, 4) is 0 Å². The Labute approximate surface area is 103 Å². The van der Waals surface area contributed by atoms with Gasteiger partial charge in [0.2, 0.25) is 10.0 Å². The average molecular weight is 259 g/mol. The summed E-state index contributed by atoms with van der Waals surface area (Å²) in [4.78, 5) is 0.296. The second kappa shape index (κ2) is 4.42. The van der Waals surface area contributed by atoms with Crippen molar-refractivity contribution < 1.29 is 8.42 Å². The van der Waals surface area contributed by atoms with Gasteiger partial charge in [0.05, 0.1) is 11.4 Å². The van der Waals surface area contributed by atoms with E-state index < -0.39 is 10.0 Å². The Bertz CT molecular complexity index is 478. The molecule has 0 atom stereocenters. The largest absolute Gasteiger partial charge is 0.281 e. The molecule has 0 unspecified atom stereocenters. The predicted octanol–water partition coefficient (Wildman–Crippen LogP) is 1.69. The van der Waals surface area contributed by atoms with E-state index in [0.717, 1.165) is 0 Å². The van der Waals surface area contributed by atoms with Crippen LogP contribution in [-0.2, 0) is 10.0 Å². The monoisotopic (exact) mass is 259 g/mol. The molecule has 0 aromatic carbocycles. The first-order chi connectivity index (χ1) is 7.55. The number of nitrogens with zero attached hydrogens (tertiary/aromatic N) is 2. The molecule has 1 aromatic heterocycles. The zero-order valence-corrected chi connectivity index (χ0v) is 12.1. The Morgan fingerprint density at radius 3 is 2.18 bits per heavy atom. The van der Waals surface area contributed by atoms with Crippen molar-refractivity contribution in [3.05, 3.63) is 11.4 Å². The van der Waals surface area contributed by atoms with E-state index in [1.54, 1.807) is 20.9 Å². The van der Waals surface area contributed by atoms with Gasteiger partial charge in [0.15, 0.2) is 0 Å². The molecule has 0 saturated heterocycles. The minimum absolute atomic E-state index is 0.0760. The SMILES string of the molecule is Cc1n[nH]c(C)c1S(=O)(=O)N(C)CC(C)(C)C. The van der Waals surface area contributed by atoms with Crippen LogP contribution in [0, 0.1) is 19.3 Å². The quantitative estimate of drug-likeness (QED) is 0.898. The lowest BCUT2D eigenvalue weighted by Crippen LogP contribution is -2.35. The van der Waals surface area contributed by atoms with Crippen LogP contribution in [0.3, 0.4) is 0 Å². The number of aromatic nitrogens is 2. The molecule has 0 saturated carbocycles. The number of aromatic amines is 1. The van der Waals surface area contributed by atoms with E-state index in [1.165, 1.54) is 4.31 Å². The van der Waals surface area contributed by atoms with Crippen molar-refractivity contribution in [2.45, 2.75) is 39.5 Å². The molecule has 1 rings (SSSR count). The molecule has 1 aromatic rings. The second-order valence-corrected chi connectivity index (χ2v) is 7.57. The first-order valence-electron chi connectivity index (χ1n) is 5.53. The summed E-state index contributed by atoms with van der Waals surface area (Å²) in [6.45, 7) is 9.91. The molecule has 0 radical (unpaired) electrons. The fourth-order valence-corrected chi connectivity index (χ4v) is 3.55. The highest BCUT2D eigenvalue weighted by molar-refractivity contribution is 7.89. The van der Waals surface area contributed by atoms with Crippen LogP contribution in [0.2, 0.25) is 0 Å². The molecule has 0 amide bonds. The number of H-pyrrole nitrogens is 1. The van der Waals surface area contributed by atoms with Crippen molar-refractivity contribution in [1.29, 1.82) is 0 Å². The number of aryl methyl sites for hydroxylation is 2. The summed E-state index contributed by atoms with van der Waals surface area (Å²) in [5, 5.41) is 6.64. The van der Waals surface area contributed by atoms with E-state index in [9.17, 15) is 8.42 Å². The van der Waals surface area contributed by atoms with Crippen LogP contribution in [0.4, 0.5) is 0 Å². The minimum atomic E-state index is -3.45. The van der Waals surface area contributed by atoms with Crippen LogP contribution >= 0.6 is 0 Å². The van der Waals surface area contributed by atoms with E-state index in [4.69, 9.17) is 0 Å². The summed E-state index contributed by atoms with van der Waals surface area (Å²) in [6.07, 6.45) is 0. The van der Waals surface area contributed by atoms with Crippen LogP contribution in [0.15, 0.2) is 4.90 Å². The van der Waals surface area contributed by atoms with Crippen LogP contribution in [0.5, 0.6) is 0 Å². The molecule has 0 bridgehead atoms. The summed E-state index contributed by atoms with van der Waals surface area (Å²) >= 11 is 0. The summed E-state index contributed by atoms with van der Waals surface area (Å²) in [5.41, 5.74) is 1.03. The van der Waals surface area contributed by atoms with Crippen molar-refractivity contribution in [3.63, 3.8) is 0 Å². The molecule has 6 heteroatoms. The summed E-state index contributed by atoms with van der Waals surface area (Å²) in [7, 11) is -1.85. The van der Waals surface area contributed by atoms with Crippen LogP contribution in [0.25, 0.3) is 0 Å². The Morgan fingerprint density at radius 2 is 1.82 bits per heavy atom. The number of sulfonamides is 1. The van der Waals surface area contributed by atoms with Gasteiger partial charge in [-0.1, -0.05) is 20.8 Å². The van der Waals surface area contributed by atoms with Crippen LogP contribution in [0.1, 0.15) is 32.2 Å². The third-order valence-corrected chi connectivity index (χ3v) is 4.49. The normalized spacial score (nSPS) is 13.4. The lowest BCUT2D eigenvalue weighted by Gasteiger charge is -2.26. The molecule has 0 fully saturated rings. The maximum absolute atomic E-state index is 12.4. The van der Waals surface area contributed by atoms with E-state index in [0.29, 0.717) is 22.8 Å². The highest BCUT2D eigenvalue weighted by Gasteiger charge is 2.29. The Kier molecular flexibility index (Phi) is 3.69. The van der Waals surface area contributed by atoms with E-state index in [2.05, 4.69) is 10.2 Å². The Balaban J connectivity index is 3.13. The molecule has 5 nitrogen and oxygen atoms in total. The number of rotatable bonds is 3. The lowest BCUT2D eigenvalue weighted by molar-refractivity contribution is 0.310. The second-order valence-electron chi connectivity index (χ2n) is 5.58. The van der Waals surface area contributed by atoms with Gasteiger partial charge >= 0.3 is 0 Å². The molecule has 0 aliphatic rings. The topological polar surface area (TPSA) is 66.1 Å². The fourth-order valence-electron chi connectivity index (χ4n) is 1.83. The predicted molar refractivity (Wildman–Crippen MR) is 67.3 cm³/mol. The highest BCUT2D eigenvalue weighted by atomic mass is 32.2. The fraction of sp³-hybridized carbons (Fsp3) is 0.727. The summed E-state index contributed by atoms with van der Waals surface area (Å²) in [5.74, 6) is 0. The molecule has 0 aliphatic carbocycles. The van der Waals surface area contributed by atoms with Crippen molar-refractivity contribution >= 4 is 10.0 Å². The molecule has 17 heavy (non-hydrogen) atoms. The minimum Gasteiger partial charge on any atom is -0.281 e. The molecular weight excluding hydrogens is 238 g/mol. The highest BCUT2D eigenvalue weighted by Crippen LogP contribution is 2.24. The standard InChI is InChI=1S/C11H21N3O2S/c1-8-10(9(2)13-12-8)17(15,16)14(6)7-11(3,4)5/h7H2,1-6H3,(H,12,13). The van der Waals surface area contributed by atoms with Crippen molar-refractivity contribution in [2.75, 3.05) is 13.6 Å². The Hall–Kier alpha value is -0.880. The number of hydrogen-bond acceptors (Lipinski definition) is 3.